The highest BCUT2D eigenvalue weighted by Gasteiger charge is 2.13. The molecule has 2 aromatic carbocycles. The fourth-order valence-corrected chi connectivity index (χ4v) is 2.89. The van der Waals surface area contributed by atoms with Gasteiger partial charge in [0.25, 0.3) is 0 Å². The molecule has 0 saturated carbocycles. The van der Waals surface area contributed by atoms with Gasteiger partial charge in [-0.15, -0.1) is 0 Å². The van der Waals surface area contributed by atoms with E-state index in [1.807, 2.05) is 81.6 Å². The quantitative estimate of drug-likeness (QED) is 0.373. The molecule has 1 heterocycles. The molecule has 1 aromatic heterocycles. The normalized spacial score (nSPS) is 10.8. The minimum atomic E-state index is 0.180. The van der Waals surface area contributed by atoms with E-state index in [1.54, 1.807) is 10.8 Å². The lowest BCUT2D eigenvalue weighted by Gasteiger charge is -2.10. The largest absolute Gasteiger partial charge is 0.489 e. The van der Waals surface area contributed by atoms with Gasteiger partial charge in [0, 0.05) is 7.05 Å². The van der Waals surface area contributed by atoms with Gasteiger partial charge in [0.1, 0.15) is 34.1 Å². The first-order chi connectivity index (χ1) is 14.5. The zero-order valence-corrected chi connectivity index (χ0v) is 18.4. The Bertz CT molecular complexity index is 1040. The monoisotopic (exact) mass is 444 g/mol. The van der Waals surface area contributed by atoms with Crippen LogP contribution in [0.25, 0.3) is 6.08 Å². The molecule has 0 amide bonds. The number of aromatic nitrogens is 2. The van der Waals surface area contributed by atoms with Gasteiger partial charge in [-0.2, -0.15) is 5.10 Å². The fourth-order valence-electron chi connectivity index (χ4n) is 2.76. The number of allylic oxidation sites excluding steroid dienone is 1. The SMILES string of the molecule is CC=Cc1c(C)nn(C)c1Oc1ccc(Oc2ccc(OCC=C(Cl)Cl)cc2)cc1. The second-order valence-corrected chi connectivity index (χ2v) is 7.39. The van der Waals surface area contributed by atoms with Crippen LogP contribution in [0.5, 0.6) is 28.9 Å². The molecule has 3 aromatic rings. The Morgan fingerprint density at radius 1 is 0.933 bits per heavy atom. The number of benzene rings is 2. The van der Waals surface area contributed by atoms with Crippen LogP contribution in [0.2, 0.25) is 0 Å². The molecule has 7 heteroatoms. The third-order valence-corrected chi connectivity index (χ3v) is 4.44. The molecule has 0 bridgehead atoms. The van der Waals surface area contributed by atoms with Crippen molar-refractivity contribution in [2.75, 3.05) is 6.61 Å². The molecule has 0 saturated heterocycles. The summed E-state index contributed by atoms with van der Waals surface area (Å²) in [5.74, 6) is 3.48. The number of ether oxygens (including phenoxy) is 3. The first-order valence-corrected chi connectivity index (χ1v) is 10.1. The van der Waals surface area contributed by atoms with Crippen LogP contribution in [0.15, 0.2) is 65.2 Å². The lowest BCUT2D eigenvalue weighted by Crippen LogP contribution is -1.96. The molecule has 3 rings (SSSR count). The van der Waals surface area contributed by atoms with Crippen molar-refractivity contribution in [3.63, 3.8) is 0 Å². The summed E-state index contributed by atoms with van der Waals surface area (Å²) in [5.41, 5.74) is 1.88. The molecule has 5 nitrogen and oxygen atoms in total. The number of rotatable bonds is 8. The molecular weight excluding hydrogens is 423 g/mol. The van der Waals surface area contributed by atoms with Crippen molar-refractivity contribution >= 4 is 29.3 Å². The van der Waals surface area contributed by atoms with E-state index in [9.17, 15) is 0 Å². The van der Waals surface area contributed by atoms with Gasteiger partial charge in [0.2, 0.25) is 5.88 Å². The molecule has 0 fully saturated rings. The summed E-state index contributed by atoms with van der Waals surface area (Å²) in [6, 6.07) is 14.7. The van der Waals surface area contributed by atoms with Crippen LogP contribution in [-0.4, -0.2) is 16.4 Å². The van der Waals surface area contributed by atoms with Crippen LogP contribution in [0.3, 0.4) is 0 Å². The summed E-state index contributed by atoms with van der Waals surface area (Å²) >= 11 is 11.1. The molecule has 0 unspecified atom stereocenters. The molecule has 0 aliphatic carbocycles. The predicted molar refractivity (Wildman–Crippen MR) is 121 cm³/mol. The number of hydrogen-bond acceptors (Lipinski definition) is 4. The first-order valence-electron chi connectivity index (χ1n) is 9.32. The Kier molecular flexibility index (Phi) is 7.44. The van der Waals surface area contributed by atoms with Gasteiger partial charge in [0.15, 0.2) is 0 Å². The summed E-state index contributed by atoms with van der Waals surface area (Å²) < 4.78 is 19.3. The number of aryl methyl sites for hydroxylation is 2. The Morgan fingerprint density at radius 2 is 1.47 bits per heavy atom. The van der Waals surface area contributed by atoms with Crippen LogP contribution in [0.4, 0.5) is 0 Å². The number of hydrogen-bond donors (Lipinski definition) is 0. The van der Waals surface area contributed by atoms with Crippen molar-refractivity contribution < 1.29 is 14.2 Å². The standard InChI is InChI=1S/C23H22Cl2N2O3/c1-4-5-21-16(2)26-27(3)23(21)30-20-12-10-19(11-13-20)29-18-8-6-17(7-9-18)28-15-14-22(24)25/h4-14H,15H2,1-3H3. The maximum Gasteiger partial charge on any atom is 0.225 e. The van der Waals surface area contributed by atoms with Gasteiger partial charge < -0.3 is 14.2 Å². The lowest BCUT2D eigenvalue weighted by atomic mass is 10.2. The summed E-state index contributed by atoms with van der Waals surface area (Å²) in [5, 5.41) is 4.42. The van der Waals surface area contributed by atoms with Gasteiger partial charge in [-0.1, -0.05) is 35.4 Å². The molecule has 0 spiro atoms. The van der Waals surface area contributed by atoms with Crippen LogP contribution < -0.4 is 14.2 Å². The predicted octanol–water partition coefficient (Wildman–Crippen LogP) is 7.04. The Morgan fingerprint density at radius 3 is 2.00 bits per heavy atom. The molecule has 156 valence electrons. The molecule has 0 atom stereocenters. The second-order valence-electron chi connectivity index (χ2n) is 6.38. The Labute approximate surface area is 186 Å². The van der Waals surface area contributed by atoms with Crippen molar-refractivity contribution in [1.29, 1.82) is 0 Å². The van der Waals surface area contributed by atoms with E-state index < -0.39 is 0 Å². The van der Waals surface area contributed by atoms with Crippen molar-refractivity contribution in [2.45, 2.75) is 13.8 Å². The first kappa shape index (κ1) is 21.8. The van der Waals surface area contributed by atoms with Crippen molar-refractivity contribution in [3.8, 4) is 28.9 Å². The summed E-state index contributed by atoms with van der Waals surface area (Å²) in [6.07, 6.45) is 5.53. The molecule has 0 N–H and O–H groups in total. The molecule has 0 radical (unpaired) electrons. The van der Waals surface area contributed by atoms with Crippen LogP contribution >= 0.6 is 23.2 Å². The van der Waals surface area contributed by atoms with Crippen molar-refractivity contribution in [1.82, 2.24) is 9.78 Å². The third-order valence-electron chi connectivity index (χ3n) is 4.13. The molecule has 0 aliphatic rings. The van der Waals surface area contributed by atoms with E-state index in [0.717, 1.165) is 11.3 Å². The van der Waals surface area contributed by atoms with E-state index in [1.165, 1.54) is 0 Å². The van der Waals surface area contributed by atoms with Gasteiger partial charge >= 0.3 is 0 Å². The lowest BCUT2D eigenvalue weighted by molar-refractivity contribution is 0.362. The van der Waals surface area contributed by atoms with Crippen LogP contribution in [0.1, 0.15) is 18.2 Å². The smallest absolute Gasteiger partial charge is 0.225 e. The summed E-state index contributed by atoms with van der Waals surface area (Å²) in [7, 11) is 1.86. The third kappa shape index (κ3) is 5.81. The van der Waals surface area contributed by atoms with Gasteiger partial charge in [-0.3, -0.25) is 0 Å². The van der Waals surface area contributed by atoms with Gasteiger partial charge in [0.05, 0.1) is 11.3 Å². The number of halogens is 2. The average Bonchev–Trinajstić information content (AvgIpc) is 2.98. The van der Waals surface area contributed by atoms with Gasteiger partial charge in [-0.25, -0.2) is 4.68 Å². The zero-order chi connectivity index (χ0) is 21.5. The average molecular weight is 445 g/mol. The van der Waals surface area contributed by atoms with E-state index in [0.29, 0.717) is 35.5 Å². The molecule has 30 heavy (non-hydrogen) atoms. The minimum Gasteiger partial charge on any atom is -0.489 e. The topological polar surface area (TPSA) is 45.5 Å². The molecular formula is C23H22Cl2N2O3. The summed E-state index contributed by atoms with van der Waals surface area (Å²) in [6.45, 7) is 4.22. The van der Waals surface area contributed by atoms with Crippen molar-refractivity contribution in [3.05, 3.63) is 76.4 Å². The zero-order valence-electron chi connectivity index (χ0n) is 16.9. The minimum absolute atomic E-state index is 0.180. The Balaban J connectivity index is 1.63. The highest BCUT2D eigenvalue weighted by Crippen LogP contribution is 2.31. The van der Waals surface area contributed by atoms with E-state index in [-0.39, 0.29) is 4.49 Å². The highest BCUT2D eigenvalue weighted by atomic mass is 35.5. The van der Waals surface area contributed by atoms with Gasteiger partial charge in [-0.05, 0) is 68.5 Å². The van der Waals surface area contributed by atoms with E-state index >= 15 is 0 Å². The van der Waals surface area contributed by atoms with E-state index in [2.05, 4.69) is 5.10 Å². The van der Waals surface area contributed by atoms with Crippen molar-refractivity contribution in [2.24, 2.45) is 7.05 Å². The second kappa shape index (κ2) is 10.2. The maximum absolute atomic E-state index is 6.04. The maximum atomic E-state index is 6.04. The van der Waals surface area contributed by atoms with E-state index in [4.69, 9.17) is 37.4 Å². The summed E-state index contributed by atoms with van der Waals surface area (Å²) in [4.78, 5) is 0. The van der Waals surface area contributed by atoms with Crippen LogP contribution in [-0.2, 0) is 7.05 Å². The number of nitrogens with zero attached hydrogens (tertiary/aromatic N) is 2. The molecule has 0 aliphatic heterocycles. The fraction of sp³-hybridized carbons (Fsp3) is 0.174. The highest BCUT2D eigenvalue weighted by molar-refractivity contribution is 6.55. The van der Waals surface area contributed by atoms with Crippen LogP contribution in [0, 0.1) is 6.92 Å². The Hall–Kier alpha value is -2.89.